The standard InChI is InChI=1S/C12H17NO3/c1-13(6-7-14)8-10-9-15-11-4-2-3-5-12(11)16-10/h2-5,10,14H,6-9H2,1H3/t10-/m0/s1. The number of para-hydroxylation sites is 2. The largest absolute Gasteiger partial charge is 0.486 e. The summed E-state index contributed by atoms with van der Waals surface area (Å²) in [5.41, 5.74) is 0. The van der Waals surface area contributed by atoms with E-state index in [-0.39, 0.29) is 12.7 Å². The molecule has 0 aromatic heterocycles. The summed E-state index contributed by atoms with van der Waals surface area (Å²) in [5, 5.41) is 8.81. The van der Waals surface area contributed by atoms with Crippen LogP contribution in [0.2, 0.25) is 0 Å². The normalized spacial score (nSPS) is 18.8. The highest BCUT2D eigenvalue weighted by Crippen LogP contribution is 2.30. The SMILES string of the molecule is CN(CCO)C[C@H]1COc2ccccc2O1. The lowest BCUT2D eigenvalue weighted by molar-refractivity contribution is 0.0613. The van der Waals surface area contributed by atoms with Crippen molar-refractivity contribution in [2.24, 2.45) is 0 Å². The number of aliphatic hydroxyl groups is 1. The van der Waals surface area contributed by atoms with E-state index in [1.807, 2.05) is 36.2 Å². The molecule has 1 heterocycles. The quantitative estimate of drug-likeness (QED) is 0.818. The van der Waals surface area contributed by atoms with Crippen LogP contribution in [-0.4, -0.2) is 49.5 Å². The third-order valence-electron chi connectivity index (χ3n) is 2.56. The van der Waals surface area contributed by atoms with E-state index in [9.17, 15) is 0 Å². The molecule has 1 aromatic carbocycles. The number of aliphatic hydroxyl groups excluding tert-OH is 1. The fourth-order valence-corrected chi connectivity index (χ4v) is 1.76. The molecule has 0 unspecified atom stereocenters. The number of rotatable bonds is 4. The Kier molecular flexibility index (Phi) is 3.64. The van der Waals surface area contributed by atoms with Crippen LogP contribution in [0.15, 0.2) is 24.3 Å². The summed E-state index contributed by atoms with van der Waals surface area (Å²) in [6, 6.07) is 7.68. The van der Waals surface area contributed by atoms with Gasteiger partial charge >= 0.3 is 0 Å². The topological polar surface area (TPSA) is 41.9 Å². The van der Waals surface area contributed by atoms with Crippen molar-refractivity contribution in [3.05, 3.63) is 24.3 Å². The van der Waals surface area contributed by atoms with Crippen LogP contribution in [0.5, 0.6) is 11.5 Å². The smallest absolute Gasteiger partial charge is 0.161 e. The first-order valence-corrected chi connectivity index (χ1v) is 5.47. The van der Waals surface area contributed by atoms with Gasteiger partial charge in [0.05, 0.1) is 6.61 Å². The van der Waals surface area contributed by atoms with Gasteiger partial charge in [0, 0.05) is 13.1 Å². The molecule has 1 aliphatic heterocycles. The first-order valence-electron chi connectivity index (χ1n) is 5.47. The van der Waals surface area contributed by atoms with Crippen LogP contribution < -0.4 is 9.47 Å². The van der Waals surface area contributed by atoms with Crippen molar-refractivity contribution < 1.29 is 14.6 Å². The Hall–Kier alpha value is -1.26. The predicted molar refractivity (Wildman–Crippen MR) is 60.9 cm³/mol. The average Bonchev–Trinajstić information content (AvgIpc) is 2.29. The first kappa shape index (κ1) is 11.2. The Balaban J connectivity index is 1.92. The van der Waals surface area contributed by atoms with Gasteiger partial charge in [-0.2, -0.15) is 0 Å². The molecule has 0 fully saturated rings. The maximum absolute atomic E-state index is 8.81. The van der Waals surface area contributed by atoms with E-state index in [0.29, 0.717) is 13.2 Å². The summed E-state index contributed by atoms with van der Waals surface area (Å²) in [7, 11) is 1.96. The van der Waals surface area contributed by atoms with Gasteiger partial charge in [0.15, 0.2) is 11.5 Å². The minimum absolute atomic E-state index is 0.0337. The lowest BCUT2D eigenvalue weighted by atomic mass is 10.2. The Morgan fingerprint density at radius 2 is 2.12 bits per heavy atom. The van der Waals surface area contributed by atoms with E-state index < -0.39 is 0 Å². The second kappa shape index (κ2) is 5.18. The molecular formula is C12H17NO3. The monoisotopic (exact) mass is 223 g/mol. The zero-order valence-electron chi connectivity index (χ0n) is 9.43. The molecule has 0 saturated carbocycles. The number of nitrogens with zero attached hydrogens (tertiary/aromatic N) is 1. The van der Waals surface area contributed by atoms with Crippen molar-refractivity contribution in [2.45, 2.75) is 6.10 Å². The van der Waals surface area contributed by atoms with Gasteiger partial charge in [-0.15, -0.1) is 0 Å². The number of hydrogen-bond donors (Lipinski definition) is 1. The number of ether oxygens (including phenoxy) is 2. The Morgan fingerprint density at radius 1 is 1.38 bits per heavy atom. The summed E-state index contributed by atoms with van der Waals surface area (Å²) in [6.07, 6.45) is 0.0337. The van der Waals surface area contributed by atoms with Gasteiger partial charge in [0.1, 0.15) is 12.7 Å². The molecule has 4 heteroatoms. The predicted octanol–water partition coefficient (Wildman–Crippen LogP) is 0.750. The Morgan fingerprint density at radius 3 is 2.88 bits per heavy atom. The second-order valence-electron chi connectivity index (χ2n) is 3.98. The molecule has 0 aliphatic carbocycles. The van der Waals surface area contributed by atoms with Crippen molar-refractivity contribution in [1.82, 2.24) is 4.90 Å². The van der Waals surface area contributed by atoms with Crippen LogP contribution >= 0.6 is 0 Å². The Bertz CT molecular complexity index is 343. The number of fused-ring (bicyclic) bond motifs is 1. The highest BCUT2D eigenvalue weighted by Gasteiger charge is 2.21. The van der Waals surface area contributed by atoms with Gasteiger partial charge in [-0.3, -0.25) is 0 Å². The molecule has 88 valence electrons. The molecule has 0 saturated heterocycles. The first-order chi connectivity index (χ1) is 7.79. The molecule has 0 spiro atoms. The van der Waals surface area contributed by atoms with Gasteiger partial charge < -0.3 is 19.5 Å². The third kappa shape index (κ3) is 2.65. The summed E-state index contributed by atoms with van der Waals surface area (Å²) in [4.78, 5) is 2.03. The summed E-state index contributed by atoms with van der Waals surface area (Å²) in [5.74, 6) is 1.61. The minimum atomic E-state index is 0.0337. The molecule has 16 heavy (non-hydrogen) atoms. The third-order valence-corrected chi connectivity index (χ3v) is 2.56. The molecule has 1 aliphatic rings. The van der Waals surface area contributed by atoms with Gasteiger partial charge in [-0.05, 0) is 19.2 Å². The number of benzene rings is 1. The van der Waals surface area contributed by atoms with Gasteiger partial charge in [0.2, 0.25) is 0 Å². The second-order valence-corrected chi connectivity index (χ2v) is 3.98. The molecule has 0 bridgehead atoms. The fraction of sp³-hybridized carbons (Fsp3) is 0.500. The van der Waals surface area contributed by atoms with Gasteiger partial charge in [-0.1, -0.05) is 12.1 Å². The molecule has 0 radical (unpaired) electrons. The molecule has 0 amide bonds. The average molecular weight is 223 g/mol. The highest BCUT2D eigenvalue weighted by atomic mass is 16.6. The van der Waals surface area contributed by atoms with Crippen molar-refractivity contribution in [3.8, 4) is 11.5 Å². The van der Waals surface area contributed by atoms with Gasteiger partial charge in [-0.25, -0.2) is 0 Å². The molecule has 1 N–H and O–H groups in total. The lowest BCUT2D eigenvalue weighted by Gasteiger charge is -2.29. The summed E-state index contributed by atoms with van der Waals surface area (Å²) >= 11 is 0. The van der Waals surface area contributed by atoms with Crippen LogP contribution in [0.4, 0.5) is 0 Å². The van der Waals surface area contributed by atoms with E-state index in [1.54, 1.807) is 0 Å². The van der Waals surface area contributed by atoms with Crippen molar-refractivity contribution in [3.63, 3.8) is 0 Å². The van der Waals surface area contributed by atoms with Crippen LogP contribution in [0.25, 0.3) is 0 Å². The van der Waals surface area contributed by atoms with E-state index in [4.69, 9.17) is 14.6 Å². The molecule has 4 nitrogen and oxygen atoms in total. The van der Waals surface area contributed by atoms with Crippen LogP contribution in [0.3, 0.4) is 0 Å². The zero-order valence-corrected chi connectivity index (χ0v) is 9.43. The van der Waals surface area contributed by atoms with Crippen molar-refractivity contribution in [1.29, 1.82) is 0 Å². The van der Waals surface area contributed by atoms with E-state index in [2.05, 4.69) is 0 Å². The van der Waals surface area contributed by atoms with Crippen LogP contribution in [0, 0.1) is 0 Å². The molecule has 1 aromatic rings. The summed E-state index contributed by atoms with van der Waals surface area (Å²) in [6.45, 7) is 2.14. The zero-order chi connectivity index (χ0) is 11.4. The Labute approximate surface area is 95.4 Å². The number of likely N-dealkylation sites (N-methyl/N-ethyl adjacent to an activating group) is 1. The van der Waals surface area contributed by atoms with E-state index >= 15 is 0 Å². The van der Waals surface area contributed by atoms with Crippen molar-refractivity contribution >= 4 is 0 Å². The van der Waals surface area contributed by atoms with E-state index in [1.165, 1.54) is 0 Å². The molecule has 1 atom stereocenters. The van der Waals surface area contributed by atoms with E-state index in [0.717, 1.165) is 18.0 Å². The maximum Gasteiger partial charge on any atom is 0.161 e. The van der Waals surface area contributed by atoms with Crippen LogP contribution in [0.1, 0.15) is 0 Å². The van der Waals surface area contributed by atoms with Crippen molar-refractivity contribution in [2.75, 3.05) is 33.4 Å². The molecular weight excluding hydrogens is 206 g/mol. The summed E-state index contributed by atoms with van der Waals surface area (Å²) < 4.78 is 11.4. The molecule has 2 rings (SSSR count). The lowest BCUT2D eigenvalue weighted by Crippen LogP contribution is -2.40. The van der Waals surface area contributed by atoms with Crippen LogP contribution in [-0.2, 0) is 0 Å². The minimum Gasteiger partial charge on any atom is -0.486 e. The highest BCUT2D eigenvalue weighted by molar-refractivity contribution is 5.40. The maximum atomic E-state index is 8.81. The number of hydrogen-bond acceptors (Lipinski definition) is 4. The fourth-order valence-electron chi connectivity index (χ4n) is 1.76. The van der Waals surface area contributed by atoms with Gasteiger partial charge in [0.25, 0.3) is 0 Å².